The third-order valence-corrected chi connectivity index (χ3v) is 4.22. The number of thiazole rings is 1. The predicted octanol–water partition coefficient (Wildman–Crippen LogP) is 3.34. The first-order chi connectivity index (χ1) is 9.40. The van der Waals surface area contributed by atoms with Gasteiger partial charge in [-0.3, -0.25) is 4.79 Å². The van der Waals surface area contributed by atoms with E-state index in [-0.39, 0.29) is 6.04 Å². The molecule has 20 heavy (non-hydrogen) atoms. The Bertz CT molecular complexity index is 649. The van der Waals surface area contributed by atoms with Crippen LogP contribution in [0.15, 0.2) is 18.2 Å². The SMILES string of the molecule is Cc1nc(C(C)Nc2cccc(C(N)=O)c2C)c(C)s1. The maximum Gasteiger partial charge on any atom is 0.249 e. The summed E-state index contributed by atoms with van der Waals surface area (Å²) in [7, 11) is 0. The molecule has 2 rings (SSSR count). The van der Waals surface area contributed by atoms with Crippen LogP contribution in [0.1, 0.15) is 44.5 Å². The fourth-order valence-corrected chi connectivity index (χ4v) is 3.22. The van der Waals surface area contributed by atoms with Crippen molar-refractivity contribution in [3.05, 3.63) is 44.9 Å². The lowest BCUT2D eigenvalue weighted by Gasteiger charge is -2.17. The molecule has 0 saturated carbocycles. The van der Waals surface area contributed by atoms with Gasteiger partial charge in [0.2, 0.25) is 5.91 Å². The van der Waals surface area contributed by atoms with Crippen LogP contribution in [-0.2, 0) is 0 Å². The highest BCUT2D eigenvalue weighted by Crippen LogP contribution is 2.27. The van der Waals surface area contributed by atoms with Gasteiger partial charge in [-0.05, 0) is 45.4 Å². The Morgan fingerprint density at radius 1 is 1.35 bits per heavy atom. The zero-order valence-corrected chi connectivity index (χ0v) is 13.0. The van der Waals surface area contributed by atoms with Crippen LogP contribution in [0.5, 0.6) is 0 Å². The summed E-state index contributed by atoms with van der Waals surface area (Å²) in [6.45, 7) is 8.05. The molecule has 0 bridgehead atoms. The third kappa shape index (κ3) is 2.82. The fourth-order valence-electron chi connectivity index (χ4n) is 2.31. The summed E-state index contributed by atoms with van der Waals surface area (Å²) < 4.78 is 0. The lowest BCUT2D eigenvalue weighted by Crippen LogP contribution is -2.15. The number of nitrogens with two attached hydrogens (primary N) is 1. The van der Waals surface area contributed by atoms with E-state index in [1.807, 2.05) is 26.0 Å². The number of anilines is 1. The molecule has 0 aliphatic heterocycles. The van der Waals surface area contributed by atoms with E-state index >= 15 is 0 Å². The van der Waals surface area contributed by atoms with Crippen LogP contribution in [0.25, 0.3) is 0 Å². The van der Waals surface area contributed by atoms with Crippen molar-refractivity contribution in [2.45, 2.75) is 33.7 Å². The highest BCUT2D eigenvalue weighted by atomic mass is 32.1. The van der Waals surface area contributed by atoms with Crippen molar-refractivity contribution >= 4 is 22.9 Å². The van der Waals surface area contributed by atoms with E-state index in [1.54, 1.807) is 17.4 Å². The van der Waals surface area contributed by atoms with E-state index < -0.39 is 5.91 Å². The molecule has 4 nitrogen and oxygen atoms in total. The molecule has 106 valence electrons. The molecule has 3 N–H and O–H groups in total. The molecule has 2 aromatic rings. The second-order valence-electron chi connectivity index (χ2n) is 4.88. The van der Waals surface area contributed by atoms with E-state index in [0.29, 0.717) is 5.56 Å². The molecule has 0 spiro atoms. The molecule has 1 aromatic heterocycles. The normalized spacial score (nSPS) is 12.2. The minimum atomic E-state index is -0.403. The average Bonchev–Trinajstić information content (AvgIpc) is 2.70. The third-order valence-electron chi connectivity index (χ3n) is 3.32. The number of hydrogen-bond donors (Lipinski definition) is 2. The van der Waals surface area contributed by atoms with Gasteiger partial charge in [0.15, 0.2) is 0 Å². The van der Waals surface area contributed by atoms with Crippen LogP contribution in [0, 0.1) is 20.8 Å². The van der Waals surface area contributed by atoms with Crippen LogP contribution in [0.4, 0.5) is 5.69 Å². The number of carbonyl (C=O) groups is 1. The Balaban J connectivity index is 2.28. The quantitative estimate of drug-likeness (QED) is 0.907. The summed E-state index contributed by atoms with van der Waals surface area (Å²) >= 11 is 1.70. The van der Waals surface area contributed by atoms with Gasteiger partial charge < -0.3 is 11.1 Å². The van der Waals surface area contributed by atoms with Crippen LogP contribution >= 0.6 is 11.3 Å². The van der Waals surface area contributed by atoms with Crippen LogP contribution in [0.2, 0.25) is 0 Å². The van der Waals surface area contributed by atoms with Gasteiger partial charge in [-0.1, -0.05) is 6.07 Å². The van der Waals surface area contributed by atoms with Gasteiger partial charge in [0.05, 0.1) is 16.7 Å². The van der Waals surface area contributed by atoms with Gasteiger partial charge in [-0.15, -0.1) is 11.3 Å². The van der Waals surface area contributed by atoms with Crippen LogP contribution in [0.3, 0.4) is 0 Å². The lowest BCUT2D eigenvalue weighted by molar-refractivity contribution is 0.1000. The molecule has 0 aliphatic carbocycles. The van der Waals surface area contributed by atoms with Crippen molar-refractivity contribution in [2.75, 3.05) is 5.32 Å². The van der Waals surface area contributed by atoms with E-state index in [0.717, 1.165) is 22.0 Å². The van der Waals surface area contributed by atoms with E-state index in [1.165, 1.54) is 4.88 Å². The van der Waals surface area contributed by atoms with Gasteiger partial charge in [0.1, 0.15) is 0 Å². The van der Waals surface area contributed by atoms with Crippen molar-refractivity contribution in [1.29, 1.82) is 0 Å². The number of nitrogens with one attached hydrogen (secondary N) is 1. The Morgan fingerprint density at radius 2 is 2.05 bits per heavy atom. The zero-order valence-electron chi connectivity index (χ0n) is 12.2. The molecular formula is C15H19N3OS. The first-order valence-electron chi connectivity index (χ1n) is 6.50. The molecule has 0 aliphatic rings. The van der Waals surface area contributed by atoms with Gasteiger partial charge in [0.25, 0.3) is 0 Å². The van der Waals surface area contributed by atoms with E-state index in [9.17, 15) is 4.79 Å². The van der Waals surface area contributed by atoms with Crippen molar-refractivity contribution in [2.24, 2.45) is 5.73 Å². The van der Waals surface area contributed by atoms with E-state index in [2.05, 4.69) is 24.1 Å². The standard InChI is InChI=1S/C15H19N3OS/c1-8-12(15(16)19)6-5-7-13(8)17-9(2)14-10(3)20-11(4)18-14/h5-7,9,17H,1-4H3,(H2,16,19). The first kappa shape index (κ1) is 14.5. The molecule has 0 radical (unpaired) electrons. The summed E-state index contributed by atoms with van der Waals surface area (Å²) in [4.78, 5) is 17.1. The fraction of sp³-hybridized carbons (Fsp3) is 0.333. The summed E-state index contributed by atoms with van der Waals surface area (Å²) in [5.41, 5.74) is 8.76. The maximum absolute atomic E-state index is 11.4. The van der Waals surface area contributed by atoms with Crippen molar-refractivity contribution < 1.29 is 4.79 Å². The van der Waals surface area contributed by atoms with E-state index in [4.69, 9.17) is 5.73 Å². The number of primary amides is 1. The number of rotatable bonds is 4. The monoisotopic (exact) mass is 289 g/mol. The highest BCUT2D eigenvalue weighted by Gasteiger charge is 2.15. The largest absolute Gasteiger partial charge is 0.377 e. The first-order valence-corrected chi connectivity index (χ1v) is 7.31. The number of amides is 1. The van der Waals surface area contributed by atoms with Gasteiger partial charge in [-0.2, -0.15) is 0 Å². The molecule has 1 heterocycles. The molecule has 1 unspecified atom stereocenters. The van der Waals surface area contributed by atoms with Crippen molar-refractivity contribution in [1.82, 2.24) is 4.98 Å². The number of nitrogens with zero attached hydrogens (tertiary/aromatic N) is 1. The average molecular weight is 289 g/mol. The van der Waals surface area contributed by atoms with Crippen molar-refractivity contribution in [3.8, 4) is 0 Å². The maximum atomic E-state index is 11.4. The van der Waals surface area contributed by atoms with Gasteiger partial charge in [-0.25, -0.2) is 4.98 Å². The molecule has 5 heteroatoms. The summed E-state index contributed by atoms with van der Waals surface area (Å²) in [6, 6.07) is 5.61. The predicted molar refractivity (Wildman–Crippen MR) is 83.3 cm³/mol. The van der Waals surface area contributed by atoms with Crippen LogP contribution in [-0.4, -0.2) is 10.9 Å². The summed E-state index contributed by atoms with van der Waals surface area (Å²) in [5, 5.41) is 4.48. The Kier molecular flexibility index (Phi) is 4.09. The Morgan fingerprint density at radius 3 is 2.60 bits per heavy atom. The lowest BCUT2D eigenvalue weighted by atomic mass is 10.1. The Labute approximate surface area is 123 Å². The molecule has 0 fully saturated rings. The summed E-state index contributed by atoms with van der Waals surface area (Å²) in [6.07, 6.45) is 0. The number of benzene rings is 1. The van der Waals surface area contributed by atoms with Gasteiger partial charge in [0, 0.05) is 16.1 Å². The van der Waals surface area contributed by atoms with Crippen LogP contribution < -0.4 is 11.1 Å². The molecule has 1 aromatic carbocycles. The topological polar surface area (TPSA) is 68.0 Å². The smallest absolute Gasteiger partial charge is 0.249 e. The van der Waals surface area contributed by atoms with Gasteiger partial charge >= 0.3 is 0 Å². The molecular weight excluding hydrogens is 270 g/mol. The minimum absolute atomic E-state index is 0.0850. The summed E-state index contributed by atoms with van der Waals surface area (Å²) in [5.74, 6) is -0.403. The second kappa shape index (κ2) is 5.63. The molecule has 0 saturated heterocycles. The number of carbonyl (C=O) groups excluding carboxylic acids is 1. The Hall–Kier alpha value is -1.88. The highest BCUT2D eigenvalue weighted by molar-refractivity contribution is 7.11. The van der Waals surface area contributed by atoms with Crippen molar-refractivity contribution in [3.63, 3.8) is 0 Å². The number of hydrogen-bond acceptors (Lipinski definition) is 4. The number of aryl methyl sites for hydroxylation is 2. The second-order valence-corrected chi connectivity index (χ2v) is 6.29. The minimum Gasteiger partial charge on any atom is -0.377 e. The number of aromatic nitrogens is 1. The zero-order chi connectivity index (χ0) is 14.9. The molecule has 1 amide bonds. The molecule has 1 atom stereocenters.